The number of aryl methyl sites for hydroxylation is 4. The lowest BCUT2D eigenvalue weighted by Crippen LogP contribution is -2.24. The minimum atomic E-state index is -0.424. The van der Waals surface area contributed by atoms with Crippen LogP contribution in [0.1, 0.15) is 133 Å². The van der Waals surface area contributed by atoms with Crippen molar-refractivity contribution in [1.29, 1.82) is 0 Å². The number of hydrogen-bond acceptors (Lipinski definition) is 5. The van der Waals surface area contributed by atoms with E-state index in [2.05, 4.69) is 161 Å². The molecule has 0 radical (unpaired) electrons. The highest BCUT2D eigenvalue weighted by Gasteiger charge is 2.35. The highest BCUT2D eigenvalue weighted by molar-refractivity contribution is 7.27. The van der Waals surface area contributed by atoms with Gasteiger partial charge in [0.25, 0.3) is 18.1 Å². The topological polar surface area (TPSA) is 46.2 Å². The largest absolute Gasteiger partial charge is 0.488 e. The zero-order chi connectivity index (χ0) is 39.8. The van der Waals surface area contributed by atoms with Crippen LogP contribution < -0.4 is 22.8 Å². The van der Waals surface area contributed by atoms with Gasteiger partial charge in [-0.15, -0.1) is 0 Å². The summed E-state index contributed by atoms with van der Waals surface area (Å²) < 4.78 is 33.4. The molecule has 4 rings (SSSR count). The molecule has 53 heavy (non-hydrogen) atoms. The first kappa shape index (κ1) is 42.5. The monoisotopic (exact) mass is 758 g/mol. The molecule has 0 amide bonds. The Hall–Kier alpha value is -3.26. The molecular weight excluding hydrogens is 694 g/mol. The maximum absolute atomic E-state index is 6.94. The van der Waals surface area contributed by atoms with Gasteiger partial charge in [-0.2, -0.15) is 0 Å². The fraction of sp³-hybridized carbons (Fsp3) is 0.478. The van der Waals surface area contributed by atoms with E-state index in [-0.39, 0.29) is 34.3 Å². The molecule has 0 bridgehead atoms. The predicted molar refractivity (Wildman–Crippen MR) is 229 cm³/mol. The molecule has 4 aromatic rings. The van der Waals surface area contributed by atoms with Gasteiger partial charge < -0.3 is 22.8 Å². The van der Waals surface area contributed by atoms with E-state index in [1.807, 2.05) is 12.1 Å². The minimum absolute atomic E-state index is 0.149. The molecule has 4 aromatic carbocycles. The van der Waals surface area contributed by atoms with Gasteiger partial charge in [-0.1, -0.05) is 104 Å². The van der Waals surface area contributed by atoms with E-state index in [0.29, 0.717) is 0 Å². The van der Waals surface area contributed by atoms with Crippen LogP contribution in [0.15, 0.2) is 48.5 Å². The van der Waals surface area contributed by atoms with E-state index in [9.17, 15) is 0 Å². The molecule has 0 saturated carbocycles. The molecule has 0 aliphatic heterocycles. The maximum atomic E-state index is 6.94. The summed E-state index contributed by atoms with van der Waals surface area (Å²) in [6, 6.07) is 17.0. The first-order valence-electron chi connectivity index (χ1n) is 18.7. The molecule has 0 aromatic heterocycles. The van der Waals surface area contributed by atoms with E-state index < -0.39 is 5.60 Å². The van der Waals surface area contributed by atoms with Crippen molar-refractivity contribution in [3.8, 4) is 39.9 Å². The third-order valence-corrected chi connectivity index (χ3v) is 10.6. The van der Waals surface area contributed by atoms with Crippen molar-refractivity contribution in [2.24, 2.45) is 0 Å². The zero-order valence-corrected chi connectivity index (χ0v) is 37.7. The smallest absolute Gasteiger partial charge is 0.275 e. The van der Waals surface area contributed by atoms with Gasteiger partial charge in [0, 0.05) is 27.8 Å². The number of hydrogen-bond donors (Lipinski definition) is 0. The van der Waals surface area contributed by atoms with Crippen LogP contribution in [0.2, 0.25) is 0 Å². The quantitative estimate of drug-likeness (QED) is 0.151. The summed E-state index contributed by atoms with van der Waals surface area (Å²) in [6.07, 6.45) is 0. The predicted octanol–water partition coefficient (Wildman–Crippen LogP) is 14.2. The van der Waals surface area contributed by atoms with Gasteiger partial charge in [-0.05, 0) is 119 Å². The molecule has 0 N–H and O–H groups in total. The summed E-state index contributed by atoms with van der Waals surface area (Å²) in [4.78, 5) is 0. The molecule has 5 nitrogen and oxygen atoms in total. The van der Waals surface area contributed by atoms with Crippen molar-refractivity contribution in [1.82, 2.24) is 0 Å². The summed E-state index contributed by atoms with van der Waals surface area (Å²) in [5.74, 6) is 4.02. The van der Waals surface area contributed by atoms with E-state index in [0.717, 1.165) is 73.3 Å². The Morgan fingerprint density at radius 1 is 0.415 bits per heavy atom. The van der Waals surface area contributed by atoms with Crippen LogP contribution in [-0.2, 0) is 16.2 Å². The van der Waals surface area contributed by atoms with Gasteiger partial charge in [0.05, 0.1) is 0 Å². The Bertz CT molecular complexity index is 1950. The van der Waals surface area contributed by atoms with E-state index in [4.69, 9.17) is 22.8 Å². The van der Waals surface area contributed by atoms with Crippen LogP contribution in [0.5, 0.6) is 28.7 Å². The van der Waals surface area contributed by atoms with Gasteiger partial charge in [-0.25, -0.2) is 0 Å². The van der Waals surface area contributed by atoms with Gasteiger partial charge in [0.1, 0.15) is 34.3 Å². The second kappa shape index (κ2) is 15.8. The van der Waals surface area contributed by atoms with Crippen LogP contribution in [0.3, 0.4) is 0 Å². The van der Waals surface area contributed by atoms with Crippen LogP contribution >= 0.6 is 18.1 Å². The summed E-state index contributed by atoms with van der Waals surface area (Å²) >= 11 is 0. The molecule has 2 atom stereocenters. The Labute approximate surface area is 324 Å². The maximum Gasteiger partial charge on any atom is 0.275 e. The normalized spacial score (nSPS) is 12.9. The van der Waals surface area contributed by atoms with Crippen LogP contribution in [0.25, 0.3) is 11.1 Å². The molecule has 0 saturated heterocycles. The van der Waals surface area contributed by atoms with Crippen molar-refractivity contribution in [2.75, 3.05) is 0 Å². The molecule has 0 heterocycles. The average molecular weight is 759 g/mol. The lowest BCUT2D eigenvalue weighted by atomic mass is 9.74. The highest BCUT2D eigenvalue weighted by Crippen LogP contribution is 2.55. The van der Waals surface area contributed by atoms with E-state index >= 15 is 0 Å². The standard InChI is InChI=1S/C46H64O5P2/c1-27-19-21-36(29(3)23-27)48-52-50-41-34(44(10,11)12)25-33(43(7,8)9)31(5)39(41)40-32(6)38(47-46(16,17)18)26-35(45(13,14)15)42(40)51-53-49-37-22-20-28(2)24-30(37)4/h19-26,52-53H,1-18H3. The Balaban J connectivity index is 2.08. The van der Waals surface area contributed by atoms with Gasteiger partial charge >= 0.3 is 0 Å². The number of rotatable bonds is 10. The summed E-state index contributed by atoms with van der Waals surface area (Å²) in [6.45, 7) is 39.2. The second-order valence-electron chi connectivity index (χ2n) is 18.6. The van der Waals surface area contributed by atoms with Crippen molar-refractivity contribution in [3.05, 3.63) is 98.6 Å². The Morgan fingerprint density at radius 3 is 1.19 bits per heavy atom. The van der Waals surface area contributed by atoms with E-state index in [1.54, 1.807) is 0 Å². The lowest BCUT2D eigenvalue weighted by Gasteiger charge is -2.34. The van der Waals surface area contributed by atoms with Crippen molar-refractivity contribution in [3.63, 3.8) is 0 Å². The van der Waals surface area contributed by atoms with Crippen LogP contribution in [0.4, 0.5) is 0 Å². The number of benzene rings is 4. The Kier molecular flexibility index (Phi) is 12.7. The molecule has 0 fully saturated rings. The van der Waals surface area contributed by atoms with Crippen molar-refractivity contribution >= 4 is 18.1 Å². The third kappa shape index (κ3) is 10.3. The molecule has 0 aliphatic rings. The second-order valence-corrected chi connectivity index (χ2v) is 19.8. The molecule has 2 unspecified atom stereocenters. The van der Waals surface area contributed by atoms with Crippen molar-refractivity contribution < 1.29 is 22.8 Å². The van der Waals surface area contributed by atoms with E-state index in [1.165, 1.54) is 16.7 Å². The third-order valence-electron chi connectivity index (χ3n) is 9.37. The average Bonchev–Trinajstić information content (AvgIpc) is 2.99. The molecule has 0 aliphatic carbocycles. The van der Waals surface area contributed by atoms with Crippen LogP contribution in [0, 0.1) is 41.5 Å². The van der Waals surface area contributed by atoms with Gasteiger partial charge in [0.15, 0.2) is 0 Å². The SMILES string of the molecule is Cc1ccc(OPOc2c(C(C)(C)C)cc(OC(C)(C)C)c(C)c2-c2c(C)c(C(C)(C)C)cc(C(C)(C)C)c2OPOc2ccc(C)cc2C)c(C)c1. The minimum Gasteiger partial charge on any atom is -0.488 e. The van der Waals surface area contributed by atoms with Crippen molar-refractivity contribution in [2.45, 2.75) is 146 Å². The summed E-state index contributed by atoms with van der Waals surface area (Å²) in [5, 5.41) is 0. The zero-order valence-electron chi connectivity index (χ0n) is 35.7. The van der Waals surface area contributed by atoms with Gasteiger partial charge in [0.2, 0.25) is 0 Å². The molecule has 0 spiro atoms. The van der Waals surface area contributed by atoms with Gasteiger partial charge in [-0.3, -0.25) is 0 Å². The Morgan fingerprint density at radius 2 is 0.811 bits per heavy atom. The first-order chi connectivity index (χ1) is 24.3. The highest BCUT2D eigenvalue weighted by atomic mass is 31.1. The van der Waals surface area contributed by atoms with Crippen LogP contribution in [-0.4, -0.2) is 5.60 Å². The summed E-state index contributed by atoms with van der Waals surface area (Å²) in [7, 11) is -0.549. The molecular formula is C46H64O5P2. The fourth-order valence-corrected chi connectivity index (χ4v) is 7.99. The molecule has 288 valence electrons. The fourth-order valence-electron chi connectivity index (χ4n) is 6.68. The molecule has 7 heteroatoms. The number of ether oxygens (including phenoxy) is 1. The lowest BCUT2D eigenvalue weighted by molar-refractivity contribution is 0.129. The first-order valence-corrected chi connectivity index (χ1v) is 20.3. The summed E-state index contributed by atoms with van der Waals surface area (Å²) in [5.41, 5.74) is 10.9.